The molecule has 0 saturated heterocycles. The van der Waals surface area contributed by atoms with Crippen LogP contribution in [-0.4, -0.2) is 13.2 Å². The van der Waals surface area contributed by atoms with Crippen LogP contribution in [0.1, 0.15) is 25.1 Å². The summed E-state index contributed by atoms with van der Waals surface area (Å²) >= 11 is 0. The Morgan fingerprint density at radius 1 is 1.44 bits per heavy atom. The molecule has 0 aliphatic rings. The van der Waals surface area contributed by atoms with E-state index in [4.69, 9.17) is 9.15 Å². The molecule has 1 aromatic heterocycles. The summed E-state index contributed by atoms with van der Waals surface area (Å²) in [5.41, 5.74) is 0.941. The molecule has 0 bridgehead atoms. The molecule has 1 heterocycles. The van der Waals surface area contributed by atoms with E-state index in [0.29, 0.717) is 6.61 Å². The molecule has 96 valence electrons. The fourth-order valence-corrected chi connectivity index (χ4v) is 1.87. The van der Waals surface area contributed by atoms with Gasteiger partial charge in [0.1, 0.15) is 11.3 Å². The molecule has 0 radical (unpaired) electrons. The molecule has 0 aliphatic carbocycles. The van der Waals surface area contributed by atoms with Crippen molar-refractivity contribution in [1.29, 1.82) is 0 Å². The Bertz CT molecular complexity index is 471. The van der Waals surface area contributed by atoms with Crippen molar-refractivity contribution < 1.29 is 9.15 Å². The fraction of sp³-hybridized carbons (Fsp3) is 0.333. The smallest absolute Gasteiger partial charge is 0.134 e. The Labute approximate surface area is 107 Å². The van der Waals surface area contributed by atoms with E-state index in [1.165, 1.54) is 6.26 Å². The summed E-state index contributed by atoms with van der Waals surface area (Å²) in [6.07, 6.45) is 2.43. The molecule has 0 amide bonds. The van der Waals surface area contributed by atoms with Gasteiger partial charge in [-0.05, 0) is 32.0 Å². The van der Waals surface area contributed by atoms with Crippen LogP contribution in [0.4, 0.5) is 0 Å². The quantitative estimate of drug-likeness (QED) is 0.597. The predicted molar refractivity (Wildman–Crippen MR) is 73.4 cm³/mol. The molecule has 2 aromatic rings. The molecule has 1 atom stereocenters. The summed E-state index contributed by atoms with van der Waals surface area (Å²) in [5, 5.41) is 4.56. The molecule has 1 aromatic carbocycles. The van der Waals surface area contributed by atoms with Gasteiger partial charge in [0.05, 0.1) is 18.9 Å². The van der Waals surface area contributed by atoms with Crippen LogP contribution >= 0.6 is 0 Å². The lowest BCUT2D eigenvalue weighted by molar-refractivity contribution is 0.242. The normalized spacial score (nSPS) is 12.5. The van der Waals surface area contributed by atoms with Crippen LogP contribution in [0.5, 0.6) is 0 Å². The summed E-state index contributed by atoms with van der Waals surface area (Å²) in [5.74, 6) is 0.973. The summed E-state index contributed by atoms with van der Waals surface area (Å²) in [4.78, 5) is 0. The van der Waals surface area contributed by atoms with Crippen molar-refractivity contribution in [3.05, 3.63) is 48.9 Å². The highest BCUT2D eigenvalue weighted by molar-refractivity contribution is 5.77. The van der Waals surface area contributed by atoms with Crippen molar-refractivity contribution >= 4 is 11.0 Å². The summed E-state index contributed by atoms with van der Waals surface area (Å²) in [6.45, 7) is 7.20. The van der Waals surface area contributed by atoms with E-state index in [2.05, 4.69) is 31.0 Å². The second-order valence-corrected chi connectivity index (χ2v) is 4.25. The maximum atomic E-state index is 5.80. The Kier molecular flexibility index (Phi) is 4.42. The molecular formula is C15H19NO2. The number of fused-ring (bicyclic) bond motifs is 1. The molecule has 0 fully saturated rings. The number of ether oxygens (including phenoxy) is 1. The Morgan fingerprint density at radius 2 is 2.28 bits per heavy atom. The first-order chi connectivity index (χ1) is 8.81. The van der Waals surface area contributed by atoms with E-state index in [1.807, 2.05) is 18.2 Å². The van der Waals surface area contributed by atoms with Gasteiger partial charge in [-0.2, -0.15) is 0 Å². The molecule has 3 heteroatoms. The maximum Gasteiger partial charge on any atom is 0.134 e. The van der Waals surface area contributed by atoms with Gasteiger partial charge < -0.3 is 14.5 Å². The largest absolute Gasteiger partial charge is 0.502 e. The third kappa shape index (κ3) is 3.14. The number of hydrogen-bond acceptors (Lipinski definition) is 3. The van der Waals surface area contributed by atoms with Gasteiger partial charge in [-0.3, -0.25) is 0 Å². The topological polar surface area (TPSA) is 34.4 Å². The van der Waals surface area contributed by atoms with Crippen molar-refractivity contribution in [2.24, 2.45) is 0 Å². The van der Waals surface area contributed by atoms with E-state index >= 15 is 0 Å². The lowest BCUT2D eigenvalue weighted by Gasteiger charge is -2.10. The average Bonchev–Trinajstić information content (AvgIpc) is 2.82. The number of hydrogen-bond donors (Lipinski definition) is 1. The molecule has 3 nitrogen and oxygen atoms in total. The molecular weight excluding hydrogens is 226 g/mol. The highest BCUT2D eigenvalue weighted by atomic mass is 16.5. The van der Waals surface area contributed by atoms with Crippen LogP contribution in [0.2, 0.25) is 0 Å². The first-order valence-corrected chi connectivity index (χ1v) is 6.25. The summed E-state index contributed by atoms with van der Waals surface area (Å²) in [6, 6.07) is 10.4. The molecule has 1 N–H and O–H groups in total. The molecule has 0 saturated carbocycles. The van der Waals surface area contributed by atoms with E-state index < -0.39 is 0 Å². The van der Waals surface area contributed by atoms with Crippen LogP contribution in [0.15, 0.2) is 47.6 Å². The van der Waals surface area contributed by atoms with Crippen LogP contribution in [0.3, 0.4) is 0 Å². The molecule has 18 heavy (non-hydrogen) atoms. The SMILES string of the molecule is C=COCCCNC(C)c1cc2ccccc2o1. The van der Waals surface area contributed by atoms with E-state index in [0.717, 1.165) is 29.7 Å². The fourth-order valence-electron chi connectivity index (χ4n) is 1.87. The number of furan rings is 1. The van der Waals surface area contributed by atoms with Crippen molar-refractivity contribution in [3.63, 3.8) is 0 Å². The van der Waals surface area contributed by atoms with Crippen molar-refractivity contribution in [3.8, 4) is 0 Å². The predicted octanol–water partition coefficient (Wildman–Crippen LogP) is 3.63. The van der Waals surface area contributed by atoms with E-state index in [9.17, 15) is 0 Å². The number of rotatable bonds is 7. The third-order valence-electron chi connectivity index (χ3n) is 2.88. The minimum atomic E-state index is 0.209. The lowest BCUT2D eigenvalue weighted by Crippen LogP contribution is -2.20. The van der Waals surface area contributed by atoms with Crippen molar-refractivity contribution in [2.75, 3.05) is 13.2 Å². The van der Waals surface area contributed by atoms with Gasteiger partial charge in [-0.25, -0.2) is 0 Å². The summed E-state index contributed by atoms with van der Waals surface area (Å²) in [7, 11) is 0. The van der Waals surface area contributed by atoms with Gasteiger partial charge in [0, 0.05) is 5.39 Å². The third-order valence-corrected chi connectivity index (χ3v) is 2.88. The van der Waals surface area contributed by atoms with Crippen LogP contribution in [-0.2, 0) is 4.74 Å². The number of benzene rings is 1. The van der Waals surface area contributed by atoms with Crippen molar-refractivity contribution in [1.82, 2.24) is 5.32 Å². The van der Waals surface area contributed by atoms with Gasteiger partial charge in [0.15, 0.2) is 0 Å². The Balaban J connectivity index is 1.88. The molecule has 1 unspecified atom stereocenters. The van der Waals surface area contributed by atoms with Crippen LogP contribution < -0.4 is 5.32 Å². The van der Waals surface area contributed by atoms with Gasteiger partial charge >= 0.3 is 0 Å². The zero-order chi connectivity index (χ0) is 12.8. The lowest BCUT2D eigenvalue weighted by atomic mass is 10.2. The minimum Gasteiger partial charge on any atom is -0.502 e. The number of nitrogens with one attached hydrogen (secondary N) is 1. The molecule has 0 spiro atoms. The van der Waals surface area contributed by atoms with Gasteiger partial charge in [-0.1, -0.05) is 24.8 Å². The van der Waals surface area contributed by atoms with E-state index in [-0.39, 0.29) is 6.04 Å². The standard InChI is InChI=1S/C15H19NO2/c1-3-17-10-6-9-16-12(2)15-11-13-7-4-5-8-14(13)18-15/h3-5,7-8,11-12,16H,1,6,9-10H2,2H3. The minimum absolute atomic E-state index is 0.209. The number of para-hydroxylation sites is 1. The average molecular weight is 245 g/mol. The second kappa shape index (κ2) is 6.26. The zero-order valence-electron chi connectivity index (χ0n) is 10.7. The zero-order valence-corrected chi connectivity index (χ0v) is 10.7. The van der Waals surface area contributed by atoms with Gasteiger partial charge in [0.2, 0.25) is 0 Å². The van der Waals surface area contributed by atoms with Crippen LogP contribution in [0, 0.1) is 0 Å². The van der Waals surface area contributed by atoms with Gasteiger partial charge in [-0.15, -0.1) is 0 Å². The van der Waals surface area contributed by atoms with Crippen LogP contribution in [0.25, 0.3) is 11.0 Å². The van der Waals surface area contributed by atoms with Crippen molar-refractivity contribution in [2.45, 2.75) is 19.4 Å². The Morgan fingerprint density at radius 3 is 3.06 bits per heavy atom. The highest BCUT2D eigenvalue weighted by Crippen LogP contribution is 2.23. The first-order valence-electron chi connectivity index (χ1n) is 6.25. The molecule has 2 rings (SSSR count). The second-order valence-electron chi connectivity index (χ2n) is 4.25. The monoisotopic (exact) mass is 245 g/mol. The van der Waals surface area contributed by atoms with Gasteiger partial charge in [0.25, 0.3) is 0 Å². The highest BCUT2D eigenvalue weighted by Gasteiger charge is 2.10. The Hall–Kier alpha value is -1.74. The first kappa shape index (κ1) is 12.7. The molecule has 0 aliphatic heterocycles. The maximum absolute atomic E-state index is 5.80. The summed E-state index contributed by atoms with van der Waals surface area (Å²) < 4.78 is 10.9. The van der Waals surface area contributed by atoms with E-state index in [1.54, 1.807) is 0 Å².